The molecule has 0 fully saturated rings. The van der Waals surface area contributed by atoms with E-state index in [9.17, 15) is 9.59 Å². The maximum atomic E-state index is 11.5. The summed E-state index contributed by atoms with van der Waals surface area (Å²) < 4.78 is 0. The van der Waals surface area contributed by atoms with Crippen LogP contribution in [-0.4, -0.2) is 18.7 Å². The fourth-order valence-electron chi connectivity index (χ4n) is 1.30. The number of amides is 1. The standard InChI is InChI=1S/C12H15NO2/c1-3-13-12(15)11-6-4-5-10(7-11)9(2)8-14/h4-9H,3H2,1-2H3,(H,13,15). The molecule has 1 aromatic carbocycles. The molecule has 1 aromatic rings. The zero-order valence-electron chi connectivity index (χ0n) is 8.99. The van der Waals surface area contributed by atoms with Crippen molar-refractivity contribution >= 4 is 12.2 Å². The molecule has 3 heteroatoms. The van der Waals surface area contributed by atoms with E-state index in [2.05, 4.69) is 5.32 Å². The van der Waals surface area contributed by atoms with Gasteiger partial charge in [0, 0.05) is 18.0 Å². The Balaban J connectivity index is 2.91. The Hall–Kier alpha value is -1.64. The van der Waals surface area contributed by atoms with Gasteiger partial charge in [-0.2, -0.15) is 0 Å². The first-order valence-corrected chi connectivity index (χ1v) is 5.02. The molecule has 3 nitrogen and oxygen atoms in total. The Bertz CT molecular complexity index is 360. The van der Waals surface area contributed by atoms with E-state index in [0.717, 1.165) is 11.8 Å². The largest absolute Gasteiger partial charge is 0.352 e. The Kier molecular flexibility index (Phi) is 4.03. The highest BCUT2D eigenvalue weighted by Gasteiger charge is 2.08. The van der Waals surface area contributed by atoms with E-state index in [1.165, 1.54) is 0 Å². The van der Waals surface area contributed by atoms with Gasteiger partial charge in [0.25, 0.3) is 5.91 Å². The highest BCUT2D eigenvalue weighted by Crippen LogP contribution is 2.14. The lowest BCUT2D eigenvalue weighted by Crippen LogP contribution is -2.22. The number of carbonyl (C=O) groups excluding carboxylic acids is 2. The molecule has 0 spiro atoms. The lowest BCUT2D eigenvalue weighted by atomic mass is 10.0. The third-order valence-corrected chi connectivity index (χ3v) is 2.22. The molecule has 1 rings (SSSR count). The number of hydrogen-bond acceptors (Lipinski definition) is 2. The molecular weight excluding hydrogens is 190 g/mol. The van der Waals surface area contributed by atoms with Gasteiger partial charge in [-0.3, -0.25) is 4.79 Å². The smallest absolute Gasteiger partial charge is 0.251 e. The molecule has 1 unspecified atom stereocenters. The SMILES string of the molecule is CCNC(=O)c1cccc(C(C)C=O)c1. The van der Waals surface area contributed by atoms with Crippen LogP contribution in [0.4, 0.5) is 0 Å². The summed E-state index contributed by atoms with van der Waals surface area (Å²) in [5.74, 6) is -0.267. The van der Waals surface area contributed by atoms with E-state index in [4.69, 9.17) is 0 Å². The minimum absolute atomic E-state index is 0.0996. The number of benzene rings is 1. The van der Waals surface area contributed by atoms with Gasteiger partial charge in [0.2, 0.25) is 0 Å². The van der Waals surface area contributed by atoms with Crippen molar-refractivity contribution in [3.8, 4) is 0 Å². The van der Waals surface area contributed by atoms with Crippen LogP contribution in [0, 0.1) is 0 Å². The molecule has 0 saturated carbocycles. The van der Waals surface area contributed by atoms with E-state index in [1.807, 2.05) is 19.9 Å². The van der Waals surface area contributed by atoms with Gasteiger partial charge in [0.05, 0.1) is 0 Å². The molecule has 0 heterocycles. The third-order valence-electron chi connectivity index (χ3n) is 2.22. The average molecular weight is 205 g/mol. The minimum atomic E-state index is -0.167. The zero-order chi connectivity index (χ0) is 11.3. The van der Waals surface area contributed by atoms with E-state index in [0.29, 0.717) is 12.1 Å². The van der Waals surface area contributed by atoms with Crippen molar-refractivity contribution in [2.24, 2.45) is 0 Å². The van der Waals surface area contributed by atoms with Crippen LogP contribution in [-0.2, 0) is 4.79 Å². The molecule has 1 atom stereocenters. The van der Waals surface area contributed by atoms with Crippen molar-refractivity contribution in [2.75, 3.05) is 6.54 Å². The van der Waals surface area contributed by atoms with Crippen LogP contribution in [0.2, 0.25) is 0 Å². The number of rotatable bonds is 4. The van der Waals surface area contributed by atoms with E-state index in [1.54, 1.807) is 18.2 Å². The first-order chi connectivity index (χ1) is 7.19. The molecule has 80 valence electrons. The predicted molar refractivity (Wildman–Crippen MR) is 58.9 cm³/mol. The van der Waals surface area contributed by atoms with Gasteiger partial charge in [0.1, 0.15) is 6.29 Å². The second-order valence-corrected chi connectivity index (χ2v) is 3.41. The van der Waals surface area contributed by atoms with Crippen LogP contribution < -0.4 is 5.32 Å². The van der Waals surface area contributed by atoms with Crippen LogP contribution in [0.3, 0.4) is 0 Å². The van der Waals surface area contributed by atoms with Crippen molar-refractivity contribution < 1.29 is 9.59 Å². The molecule has 0 aromatic heterocycles. The lowest BCUT2D eigenvalue weighted by molar-refractivity contribution is -0.108. The molecule has 0 bridgehead atoms. The molecule has 0 radical (unpaired) electrons. The third kappa shape index (κ3) is 2.91. The summed E-state index contributed by atoms with van der Waals surface area (Å²) in [6.45, 7) is 4.28. The van der Waals surface area contributed by atoms with Crippen molar-refractivity contribution in [1.82, 2.24) is 5.32 Å². The van der Waals surface area contributed by atoms with Gasteiger partial charge < -0.3 is 10.1 Å². The molecule has 0 saturated heterocycles. The summed E-state index contributed by atoms with van der Waals surface area (Å²) in [6, 6.07) is 7.14. The normalized spacial score (nSPS) is 11.9. The number of carbonyl (C=O) groups is 2. The molecule has 0 aliphatic rings. The summed E-state index contributed by atoms with van der Waals surface area (Å²) >= 11 is 0. The quantitative estimate of drug-likeness (QED) is 0.761. The van der Waals surface area contributed by atoms with Gasteiger partial charge in [0.15, 0.2) is 0 Å². The molecule has 1 amide bonds. The van der Waals surface area contributed by atoms with Crippen LogP contribution >= 0.6 is 0 Å². The summed E-state index contributed by atoms with van der Waals surface area (Å²) in [5.41, 5.74) is 1.47. The van der Waals surface area contributed by atoms with Crippen LogP contribution in [0.15, 0.2) is 24.3 Å². The van der Waals surface area contributed by atoms with E-state index in [-0.39, 0.29) is 11.8 Å². The monoisotopic (exact) mass is 205 g/mol. The summed E-state index contributed by atoms with van der Waals surface area (Å²) in [5, 5.41) is 2.72. The predicted octanol–water partition coefficient (Wildman–Crippen LogP) is 1.74. The maximum absolute atomic E-state index is 11.5. The fraction of sp³-hybridized carbons (Fsp3) is 0.333. The maximum Gasteiger partial charge on any atom is 0.251 e. The van der Waals surface area contributed by atoms with Crippen molar-refractivity contribution in [1.29, 1.82) is 0 Å². The molecule has 15 heavy (non-hydrogen) atoms. The van der Waals surface area contributed by atoms with Gasteiger partial charge in [-0.1, -0.05) is 19.1 Å². The summed E-state index contributed by atoms with van der Waals surface area (Å²) in [6.07, 6.45) is 0.872. The number of aldehydes is 1. The molecule has 0 aliphatic carbocycles. The van der Waals surface area contributed by atoms with Crippen LogP contribution in [0.25, 0.3) is 0 Å². The van der Waals surface area contributed by atoms with Gasteiger partial charge in [-0.25, -0.2) is 0 Å². The van der Waals surface area contributed by atoms with Crippen molar-refractivity contribution in [3.05, 3.63) is 35.4 Å². The Labute approximate surface area is 89.5 Å². The van der Waals surface area contributed by atoms with Crippen molar-refractivity contribution in [2.45, 2.75) is 19.8 Å². The van der Waals surface area contributed by atoms with Crippen LogP contribution in [0.5, 0.6) is 0 Å². The Morgan fingerprint density at radius 1 is 1.53 bits per heavy atom. The summed E-state index contributed by atoms with van der Waals surface area (Å²) in [4.78, 5) is 22.1. The first kappa shape index (κ1) is 11.4. The van der Waals surface area contributed by atoms with Crippen LogP contribution in [0.1, 0.15) is 35.7 Å². The minimum Gasteiger partial charge on any atom is -0.352 e. The number of nitrogens with one attached hydrogen (secondary N) is 1. The van der Waals surface area contributed by atoms with Crippen molar-refractivity contribution in [3.63, 3.8) is 0 Å². The summed E-state index contributed by atoms with van der Waals surface area (Å²) in [7, 11) is 0. The highest BCUT2D eigenvalue weighted by atomic mass is 16.1. The molecule has 1 N–H and O–H groups in total. The van der Waals surface area contributed by atoms with E-state index < -0.39 is 0 Å². The topological polar surface area (TPSA) is 46.2 Å². The van der Waals surface area contributed by atoms with E-state index >= 15 is 0 Å². The number of hydrogen-bond donors (Lipinski definition) is 1. The second kappa shape index (κ2) is 5.29. The lowest BCUT2D eigenvalue weighted by Gasteiger charge is -2.07. The van der Waals surface area contributed by atoms with Gasteiger partial charge in [-0.05, 0) is 24.6 Å². The first-order valence-electron chi connectivity index (χ1n) is 5.02. The van der Waals surface area contributed by atoms with Gasteiger partial charge in [-0.15, -0.1) is 0 Å². The van der Waals surface area contributed by atoms with Gasteiger partial charge >= 0.3 is 0 Å². The Morgan fingerprint density at radius 3 is 2.87 bits per heavy atom. The molecule has 0 aliphatic heterocycles. The average Bonchev–Trinajstić information content (AvgIpc) is 2.28. The highest BCUT2D eigenvalue weighted by molar-refractivity contribution is 5.94. The zero-order valence-corrected chi connectivity index (χ0v) is 8.99. The molecular formula is C12H15NO2. The Morgan fingerprint density at radius 2 is 2.27 bits per heavy atom. The second-order valence-electron chi connectivity index (χ2n) is 3.41. The fourth-order valence-corrected chi connectivity index (χ4v) is 1.30.